The van der Waals surface area contributed by atoms with Gasteiger partial charge in [0.2, 0.25) is 0 Å². The summed E-state index contributed by atoms with van der Waals surface area (Å²) in [6.07, 6.45) is 0.718. The summed E-state index contributed by atoms with van der Waals surface area (Å²) >= 11 is 0. The first-order valence-corrected chi connectivity index (χ1v) is 3.65. The topological polar surface area (TPSA) is 38.7 Å². The van der Waals surface area contributed by atoms with Crippen LogP contribution in [0.5, 0.6) is 5.75 Å². The van der Waals surface area contributed by atoms with Gasteiger partial charge in [-0.05, 0) is 12.1 Å². The van der Waals surface area contributed by atoms with Gasteiger partial charge in [0.15, 0.2) is 6.29 Å². The molecule has 1 aliphatic heterocycles. The summed E-state index contributed by atoms with van der Waals surface area (Å²) in [7, 11) is 0. The highest BCUT2D eigenvalue weighted by atomic mass is 16.5. The molecule has 60 valence electrons. The van der Waals surface area contributed by atoms with Crippen molar-refractivity contribution >= 4 is 17.7 Å². The summed E-state index contributed by atoms with van der Waals surface area (Å²) in [6.45, 7) is 0.278. The minimum atomic E-state index is 0.278. The largest absolute Gasteiger partial charge is 0.485 e. The molecule has 0 amide bonds. The number of benzene rings is 1. The van der Waals surface area contributed by atoms with Crippen molar-refractivity contribution in [3.8, 4) is 5.75 Å². The van der Waals surface area contributed by atoms with Gasteiger partial charge in [-0.3, -0.25) is 4.79 Å². The molecule has 1 aromatic rings. The highest BCUT2D eigenvalue weighted by Gasteiger charge is 2.10. The first-order valence-electron chi connectivity index (χ1n) is 3.65. The lowest BCUT2D eigenvalue weighted by Gasteiger charge is -2.12. The smallest absolute Gasteiger partial charge is 0.167 e. The van der Waals surface area contributed by atoms with Crippen molar-refractivity contribution in [3.05, 3.63) is 24.3 Å². The zero-order valence-electron chi connectivity index (χ0n) is 6.36. The number of aldehydes is 1. The van der Waals surface area contributed by atoms with E-state index in [1.165, 1.54) is 0 Å². The van der Waals surface area contributed by atoms with Gasteiger partial charge in [-0.1, -0.05) is 12.1 Å². The van der Waals surface area contributed by atoms with E-state index in [0.29, 0.717) is 5.71 Å². The molecule has 0 saturated heterocycles. The second kappa shape index (κ2) is 2.77. The second-order valence-electron chi connectivity index (χ2n) is 2.48. The second-order valence-corrected chi connectivity index (χ2v) is 2.48. The van der Waals surface area contributed by atoms with Crippen molar-refractivity contribution in [2.24, 2.45) is 4.99 Å². The van der Waals surface area contributed by atoms with Gasteiger partial charge in [-0.25, -0.2) is 4.99 Å². The molecule has 1 heterocycles. The van der Waals surface area contributed by atoms with Crippen molar-refractivity contribution in [3.63, 3.8) is 0 Å². The van der Waals surface area contributed by atoms with E-state index in [1.807, 2.05) is 24.3 Å². The van der Waals surface area contributed by atoms with Crippen LogP contribution in [0.2, 0.25) is 0 Å². The molecule has 0 fully saturated rings. The molecule has 0 bridgehead atoms. The Hall–Kier alpha value is -1.64. The minimum Gasteiger partial charge on any atom is -0.485 e. The summed E-state index contributed by atoms with van der Waals surface area (Å²) < 4.78 is 5.26. The van der Waals surface area contributed by atoms with Crippen LogP contribution in [0.4, 0.5) is 5.69 Å². The number of carbonyl (C=O) groups is 1. The van der Waals surface area contributed by atoms with E-state index in [0.717, 1.165) is 17.7 Å². The first kappa shape index (κ1) is 7.03. The highest BCUT2D eigenvalue weighted by molar-refractivity contribution is 6.30. The zero-order valence-corrected chi connectivity index (χ0v) is 6.36. The van der Waals surface area contributed by atoms with Gasteiger partial charge in [-0.15, -0.1) is 0 Å². The summed E-state index contributed by atoms with van der Waals surface area (Å²) in [5.41, 5.74) is 1.17. The Labute approximate surface area is 69.7 Å². The molecule has 1 aliphatic rings. The molecule has 0 radical (unpaired) electrons. The van der Waals surface area contributed by atoms with Crippen molar-refractivity contribution in [1.82, 2.24) is 0 Å². The van der Waals surface area contributed by atoms with Crippen molar-refractivity contribution < 1.29 is 9.53 Å². The molecule has 0 unspecified atom stereocenters. The third-order valence-corrected chi connectivity index (χ3v) is 1.64. The summed E-state index contributed by atoms with van der Waals surface area (Å²) in [6, 6.07) is 7.39. The van der Waals surface area contributed by atoms with Gasteiger partial charge in [0.05, 0.1) is 0 Å². The lowest BCUT2D eigenvalue weighted by molar-refractivity contribution is -0.102. The Bertz CT molecular complexity index is 344. The average Bonchev–Trinajstić information content (AvgIpc) is 2.17. The van der Waals surface area contributed by atoms with E-state index in [4.69, 9.17) is 4.74 Å². The Kier molecular flexibility index (Phi) is 1.63. The number of aliphatic imine (C=N–C) groups is 1. The molecular weight excluding hydrogens is 154 g/mol. The Morgan fingerprint density at radius 2 is 2.25 bits per heavy atom. The van der Waals surface area contributed by atoms with Crippen LogP contribution in [0, 0.1) is 0 Å². The molecule has 0 atom stereocenters. The first-order chi connectivity index (χ1) is 5.90. The quantitative estimate of drug-likeness (QED) is 0.583. The third kappa shape index (κ3) is 1.09. The molecule has 3 nitrogen and oxygen atoms in total. The van der Waals surface area contributed by atoms with Crippen LogP contribution < -0.4 is 4.74 Å². The van der Waals surface area contributed by atoms with Gasteiger partial charge >= 0.3 is 0 Å². The van der Waals surface area contributed by atoms with Gasteiger partial charge < -0.3 is 4.74 Å². The molecule has 12 heavy (non-hydrogen) atoms. The number of rotatable bonds is 1. The van der Waals surface area contributed by atoms with E-state index < -0.39 is 0 Å². The number of hydrogen-bond acceptors (Lipinski definition) is 3. The van der Waals surface area contributed by atoms with E-state index in [2.05, 4.69) is 4.99 Å². The molecule has 0 aliphatic carbocycles. The minimum absolute atomic E-state index is 0.278. The fraction of sp³-hybridized carbons (Fsp3) is 0.111. The van der Waals surface area contributed by atoms with E-state index in [9.17, 15) is 4.79 Å². The van der Waals surface area contributed by atoms with E-state index in [-0.39, 0.29) is 6.61 Å². The fourth-order valence-corrected chi connectivity index (χ4v) is 1.07. The van der Waals surface area contributed by atoms with Crippen LogP contribution in [0.25, 0.3) is 0 Å². The third-order valence-electron chi connectivity index (χ3n) is 1.64. The van der Waals surface area contributed by atoms with Crippen LogP contribution in [-0.4, -0.2) is 18.6 Å². The monoisotopic (exact) mass is 161 g/mol. The number of para-hydroxylation sites is 2. The fourth-order valence-electron chi connectivity index (χ4n) is 1.07. The van der Waals surface area contributed by atoms with Gasteiger partial charge in [0.25, 0.3) is 0 Å². The Balaban J connectivity index is 2.47. The number of fused-ring (bicyclic) bond motifs is 1. The molecule has 0 N–H and O–H groups in total. The molecule has 0 spiro atoms. The van der Waals surface area contributed by atoms with Crippen molar-refractivity contribution in [2.75, 3.05) is 6.61 Å². The summed E-state index contributed by atoms with van der Waals surface area (Å²) in [5.74, 6) is 0.739. The Morgan fingerprint density at radius 1 is 1.42 bits per heavy atom. The van der Waals surface area contributed by atoms with Gasteiger partial charge in [0.1, 0.15) is 23.8 Å². The number of ether oxygens (including phenoxy) is 1. The predicted molar refractivity (Wildman–Crippen MR) is 45.1 cm³/mol. The SMILES string of the molecule is O=CC1=Nc2ccccc2OC1. The lowest BCUT2D eigenvalue weighted by Crippen LogP contribution is -2.15. The van der Waals surface area contributed by atoms with Crippen LogP contribution in [-0.2, 0) is 4.79 Å². The summed E-state index contributed by atoms with van der Waals surface area (Å²) in [5, 5.41) is 0. The highest BCUT2D eigenvalue weighted by Crippen LogP contribution is 2.29. The van der Waals surface area contributed by atoms with Crippen LogP contribution in [0.1, 0.15) is 0 Å². The molecule has 0 saturated carbocycles. The molecular formula is C9H7NO2. The van der Waals surface area contributed by atoms with Crippen LogP contribution in [0.15, 0.2) is 29.3 Å². The maximum atomic E-state index is 10.4. The average molecular weight is 161 g/mol. The van der Waals surface area contributed by atoms with E-state index >= 15 is 0 Å². The van der Waals surface area contributed by atoms with Crippen molar-refractivity contribution in [2.45, 2.75) is 0 Å². The van der Waals surface area contributed by atoms with Gasteiger partial charge in [-0.2, -0.15) is 0 Å². The molecule has 1 aromatic carbocycles. The standard InChI is InChI=1S/C9H7NO2/c11-5-7-6-12-9-4-2-1-3-8(9)10-7/h1-5H,6H2. The zero-order chi connectivity index (χ0) is 8.39. The molecule has 2 rings (SSSR count). The van der Waals surface area contributed by atoms with Crippen LogP contribution in [0.3, 0.4) is 0 Å². The Morgan fingerprint density at radius 3 is 3.08 bits per heavy atom. The molecule has 0 aromatic heterocycles. The predicted octanol–water partition coefficient (Wildman–Crippen LogP) is 1.35. The number of carbonyl (C=O) groups excluding carboxylic acids is 1. The normalized spacial score (nSPS) is 14.2. The summed E-state index contributed by atoms with van der Waals surface area (Å²) in [4.78, 5) is 14.4. The van der Waals surface area contributed by atoms with Gasteiger partial charge in [0, 0.05) is 0 Å². The van der Waals surface area contributed by atoms with Crippen LogP contribution >= 0.6 is 0 Å². The molecule has 3 heteroatoms. The number of nitrogens with zero attached hydrogens (tertiary/aromatic N) is 1. The maximum Gasteiger partial charge on any atom is 0.167 e. The maximum absolute atomic E-state index is 10.4. The van der Waals surface area contributed by atoms with Crippen molar-refractivity contribution in [1.29, 1.82) is 0 Å². The van der Waals surface area contributed by atoms with E-state index in [1.54, 1.807) is 0 Å². The number of hydrogen-bond donors (Lipinski definition) is 0. The lowest BCUT2D eigenvalue weighted by atomic mass is 10.2.